The summed E-state index contributed by atoms with van der Waals surface area (Å²) in [7, 11) is 0. The second-order valence-corrected chi connectivity index (χ2v) is 3.74. The highest BCUT2D eigenvalue weighted by atomic mass is 16.5. The monoisotopic (exact) mass is 242 g/mol. The average molecular weight is 242 g/mol. The number of likely N-dealkylation sites (N-methyl/N-ethyl adjacent to an activating group) is 1. The smallest absolute Gasteiger partial charge is 0.307 e. The predicted molar refractivity (Wildman–Crippen MR) is 60.1 cm³/mol. The van der Waals surface area contributed by atoms with E-state index in [2.05, 4.69) is 5.32 Å². The molecule has 0 aromatic heterocycles. The van der Waals surface area contributed by atoms with Crippen molar-refractivity contribution < 1.29 is 19.1 Å². The molecule has 1 N–H and O–H groups in total. The SMILES string of the molecule is CCOC(=O)CCNC1CC(=O)N(CC)C1=O. The van der Waals surface area contributed by atoms with Crippen molar-refractivity contribution in [2.75, 3.05) is 19.7 Å². The van der Waals surface area contributed by atoms with Gasteiger partial charge in [0.15, 0.2) is 0 Å². The number of esters is 1. The summed E-state index contributed by atoms with van der Waals surface area (Å²) in [6.07, 6.45) is 0.382. The van der Waals surface area contributed by atoms with Gasteiger partial charge in [-0.2, -0.15) is 0 Å². The van der Waals surface area contributed by atoms with E-state index in [1.807, 2.05) is 0 Å². The Balaban J connectivity index is 2.32. The maximum atomic E-state index is 11.7. The standard InChI is InChI=1S/C11H18N2O4/c1-3-13-9(14)7-8(11(13)16)12-6-5-10(15)17-4-2/h8,12H,3-7H2,1-2H3. The number of hydrogen-bond acceptors (Lipinski definition) is 5. The number of hydrogen-bond donors (Lipinski definition) is 1. The van der Waals surface area contributed by atoms with Crippen molar-refractivity contribution in [1.82, 2.24) is 10.2 Å². The largest absolute Gasteiger partial charge is 0.466 e. The fourth-order valence-corrected chi connectivity index (χ4v) is 1.76. The lowest BCUT2D eigenvalue weighted by Crippen LogP contribution is -2.39. The van der Waals surface area contributed by atoms with Gasteiger partial charge in [0.05, 0.1) is 25.5 Å². The molecule has 1 aliphatic rings. The van der Waals surface area contributed by atoms with Gasteiger partial charge in [-0.15, -0.1) is 0 Å². The average Bonchev–Trinajstić information content (AvgIpc) is 2.54. The minimum Gasteiger partial charge on any atom is -0.466 e. The molecule has 96 valence electrons. The first-order valence-electron chi connectivity index (χ1n) is 5.83. The van der Waals surface area contributed by atoms with Crippen molar-refractivity contribution in [3.05, 3.63) is 0 Å². The Labute approximate surface area is 100 Å². The topological polar surface area (TPSA) is 75.7 Å². The van der Waals surface area contributed by atoms with Crippen LogP contribution in [0.3, 0.4) is 0 Å². The Morgan fingerprint density at radius 3 is 2.71 bits per heavy atom. The van der Waals surface area contributed by atoms with Crippen LogP contribution >= 0.6 is 0 Å². The number of amides is 2. The first kappa shape index (κ1) is 13.6. The first-order chi connectivity index (χ1) is 8.10. The van der Waals surface area contributed by atoms with Crippen molar-refractivity contribution in [2.24, 2.45) is 0 Å². The Hall–Kier alpha value is -1.43. The highest BCUT2D eigenvalue weighted by Gasteiger charge is 2.36. The molecule has 0 spiro atoms. The highest BCUT2D eigenvalue weighted by Crippen LogP contribution is 2.12. The lowest BCUT2D eigenvalue weighted by Gasteiger charge is -2.12. The Kier molecular flexibility index (Phi) is 5.09. The lowest BCUT2D eigenvalue weighted by molar-refractivity contribution is -0.143. The summed E-state index contributed by atoms with van der Waals surface area (Å²) in [6.45, 7) is 4.59. The number of likely N-dealkylation sites (tertiary alicyclic amines) is 1. The normalized spacial score (nSPS) is 19.9. The molecule has 1 saturated heterocycles. The van der Waals surface area contributed by atoms with E-state index in [1.54, 1.807) is 13.8 Å². The van der Waals surface area contributed by atoms with Crippen LogP contribution < -0.4 is 5.32 Å². The van der Waals surface area contributed by atoms with Crippen molar-refractivity contribution in [3.63, 3.8) is 0 Å². The third kappa shape index (κ3) is 3.52. The fourth-order valence-electron chi connectivity index (χ4n) is 1.76. The molecule has 1 fully saturated rings. The van der Waals surface area contributed by atoms with Crippen molar-refractivity contribution in [2.45, 2.75) is 32.7 Å². The van der Waals surface area contributed by atoms with Crippen LogP contribution in [-0.4, -0.2) is 48.4 Å². The molecule has 0 radical (unpaired) electrons. The molecule has 6 nitrogen and oxygen atoms in total. The summed E-state index contributed by atoms with van der Waals surface area (Å²) in [5.74, 6) is -0.670. The minimum absolute atomic E-state index is 0.161. The summed E-state index contributed by atoms with van der Waals surface area (Å²) in [5, 5.41) is 2.90. The highest BCUT2D eigenvalue weighted by molar-refractivity contribution is 6.05. The number of carbonyl (C=O) groups excluding carboxylic acids is 3. The number of carbonyl (C=O) groups is 3. The predicted octanol–water partition coefficient (Wildman–Crippen LogP) is -0.323. The van der Waals surface area contributed by atoms with Gasteiger partial charge in [0.25, 0.3) is 0 Å². The molecule has 17 heavy (non-hydrogen) atoms. The summed E-state index contributed by atoms with van der Waals surface area (Å²) >= 11 is 0. The van der Waals surface area contributed by atoms with E-state index in [0.717, 1.165) is 0 Å². The van der Waals surface area contributed by atoms with Gasteiger partial charge in [-0.25, -0.2) is 0 Å². The van der Waals surface area contributed by atoms with Gasteiger partial charge < -0.3 is 10.1 Å². The van der Waals surface area contributed by atoms with Gasteiger partial charge in [-0.1, -0.05) is 0 Å². The van der Waals surface area contributed by atoms with E-state index in [9.17, 15) is 14.4 Å². The van der Waals surface area contributed by atoms with Gasteiger partial charge in [0.2, 0.25) is 11.8 Å². The summed E-state index contributed by atoms with van der Waals surface area (Å²) < 4.78 is 4.76. The van der Waals surface area contributed by atoms with E-state index in [1.165, 1.54) is 4.90 Å². The molecule has 1 aliphatic heterocycles. The zero-order valence-electron chi connectivity index (χ0n) is 10.2. The van der Waals surface area contributed by atoms with Gasteiger partial charge in [-0.3, -0.25) is 19.3 Å². The summed E-state index contributed by atoms with van der Waals surface area (Å²) in [5.41, 5.74) is 0. The fraction of sp³-hybridized carbons (Fsp3) is 0.727. The molecule has 0 aliphatic carbocycles. The van der Waals surface area contributed by atoms with Crippen LogP contribution in [0.2, 0.25) is 0 Å². The molecule has 2 amide bonds. The van der Waals surface area contributed by atoms with Crippen molar-refractivity contribution in [1.29, 1.82) is 0 Å². The van der Waals surface area contributed by atoms with Crippen molar-refractivity contribution >= 4 is 17.8 Å². The second kappa shape index (κ2) is 6.34. The number of nitrogens with zero attached hydrogens (tertiary/aromatic N) is 1. The third-order valence-corrected chi connectivity index (χ3v) is 2.59. The van der Waals surface area contributed by atoms with E-state index in [-0.39, 0.29) is 30.6 Å². The molecule has 1 atom stereocenters. The molecular formula is C11H18N2O4. The van der Waals surface area contributed by atoms with E-state index in [4.69, 9.17) is 4.74 Å². The van der Waals surface area contributed by atoms with Crippen LogP contribution in [0.15, 0.2) is 0 Å². The summed E-state index contributed by atoms with van der Waals surface area (Å²) in [6, 6.07) is -0.489. The molecule has 1 heterocycles. The molecule has 0 aromatic carbocycles. The molecule has 6 heteroatoms. The maximum absolute atomic E-state index is 11.7. The first-order valence-corrected chi connectivity index (χ1v) is 5.83. The summed E-state index contributed by atoms with van der Waals surface area (Å²) in [4.78, 5) is 35.4. The van der Waals surface area contributed by atoms with Crippen LogP contribution in [0, 0.1) is 0 Å². The van der Waals surface area contributed by atoms with Gasteiger partial charge in [0.1, 0.15) is 0 Å². The zero-order valence-corrected chi connectivity index (χ0v) is 10.2. The molecule has 1 unspecified atom stereocenters. The van der Waals surface area contributed by atoms with Gasteiger partial charge in [0, 0.05) is 13.1 Å². The lowest BCUT2D eigenvalue weighted by atomic mass is 10.2. The van der Waals surface area contributed by atoms with E-state index < -0.39 is 6.04 Å². The van der Waals surface area contributed by atoms with Crippen LogP contribution in [0.1, 0.15) is 26.7 Å². The number of imide groups is 1. The molecular weight excluding hydrogens is 224 g/mol. The molecule has 1 rings (SSSR count). The molecule has 0 saturated carbocycles. The Bertz CT molecular complexity index is 317. The number of ether oxygens (including phenoxy) is 1. The number of nitrogens with one attached hydrogen (secondary N) is 1. The Morgan fingerprint density at radius 1 is 1.47 bits per heavy atom. The molecule has 0 bridgehead atoms. The van der Waals surface area contributed by atoms with Gasteiger partial charge in [-0.05, 0) is 13.8 Å². The van der Waals surface area contributed by atoms with Crippen molar-refractivity contribution in [3.8, 4) is 0 Å². The zero-order chi connectivity index (χ0) is 12.8. The third-order valence-electron chi connectivity index (χ3n) is 2.59. The van der Waals surface area contributed by atoms with Crippen LogP contribution in [0.5, 0.6) is 0 Å². The Morgan fingerprint density at radius 2 is 2.18 bits per heavy atom. The second-order valence-electron chi connectivity index (χ2n) is 3.74. The van der Waals surface area contributed by atoms with Crippen LogP contribution in [0.4, 0.5) is 0 Å². The van der Waals surface area contributed by atoms with Crippen LogP contribution in [0.25, 0.3) is 0 Å². The van der Waals surface area contributed by atoms with E-state index in [0.29, 0.717) is 19.7 Å². The quantitative estimate of drug-likeness (QED) is 0.510. The van der Waals surface area contributed by atoms with Gasteiger partial charge >= 0.3 is 5.97 Å². The van der Waals surface area contributed by atoms with E-state index >= 15 is 0 Å². The van der Waals surface area contributed by atoms with Crippen LogP contribution in [-0.2, 0) is 19.1 Å². The number of rotatable bonds is 6. The maximum Gasteiger partial charge on any atom is 0.307 e. The molecule has 0 aromatic rings. The minimum atomic E-state index is -0.489.